The van der Waals surface area contributed by atoms with E-state index in [9.17, 15) is 9.59 Å². The minimum atomic E-state index is -0.306. The summed E-state index contributed by atoms with van der Waals surface area (Å²) in [6, 6.07) is 9.63. The second-order valence-corrected chi connectivity index (χ2v) is 5.17. The van der Waals surface area contributed by atoms with Crippen LogP contribution in [-0.2, 0) is 16.1 Å². The molecular formula is C16H21NO3. The second kappa shape index (κ2) is 7.08. The molecule has 1 unspecified atom stereocenters. The van der Waals surface area contributed by atoms with Gasteiger partial charge in [0.1, 0.15) is 12.4 Å². The molecule has 1 aromatic carbocycles. The van der Waals surface area contributed by atoms with E-state index in [1.54, 1.807) is 4.90 Å². The predicted molar refractivity (Wildman–Crippen MR) is 76.3 cm³/mol. The minimum Gasteiger partial charge on any atom is -0.445 e. The van der Waals surface area contributed by atoms with Crippen LogP contribution in [0.15, 0.2) is 30.3 Å². The van der Waals surface area contributed by atoms with Crippen molar-refractivity contribution in [3.05, 3.63) is 35.9 Å². The van der Waals surface area contributed by atoms with Gasteiger partial charge in [-0.1, -0.05) is 43.7 Å². The number of rotatable bonds is 4. The fraction of sp³-hybridized carbons (Fsp3) is 0.500. The van der Waals surface area contributed by atoms with Crippen LogP contribution in [0.3, 0.4) is 0 Å². The number of ether oxygens (including phenoxy) is 1. The molecule has 108 valence electrons. The normalized spacial score (nSPS) is 18.9. The van der Waals surface area contributed by atoms with Crippen LogP contribution in [0.5, 0.6) is 0 Å². The maximum Gasteiger partial charge on any atom is 0.410 e. The number of amides is 1. The molecule has 1 aliphatic rings. The molecule has 4 heteroatoms. The molecule has 0 N–H and O–H groups in total. The second-order valence-electron chi connectivity index (χ2n) is 5.17. The molecule has 0 spiro atoms. The van der Waals surface area contributed by atoms with Gasteiger partial charge in [-0.05, 0) is 12.0 Å². The van der Waals surface area contributed by atoms with Crippen molar-refractivity contribution < 1.29 is 14.3 Å². The number of benzene rings is 1. The van der Waals surface area contributed by atoms with Crippen LogP contribution in [0.1, 0.15) is 38.2 Å². The quantitative estimate of drug-likeness (QED) is 0.848. The van der Waals surface area contributed by atoms with E-state index in [0.717, 1.165) is 18.4 Å². The van der Waals surface area contributed by atoms with Crippen LogP contribution in [0.25, 0.3) is 0 Å². The van der Waals surface area contributed by atoms with E-state index in [1.807, 2.05) is 30.3 Å². The lowest BCUT2D eigenvalue weighted by Gasteiger charge is -2.34. The molecule has 2 rings (SSSR count). The van der Waals surface area contributed by atoms with Gasteiger partial charge in [0, 0.05) is 25.4 Å². The zero-order valence-electron chi connectivity index (χ0n) is 11.9. The highest BCUT2D eigenvalue weighted by molar-refractivity contribution is 5.82. The van der Waals surface area contributed by atoms with E-state index in [-0.39, 0.29) is 24.5 Å². The molecule has 1 fully saturated rings. The van der Waals surface area contributed by atoms with Crippen molar-refractivity contribution in [2.45, 2.75) is 45.3 Å². The summed E-state index contributed by atoms with van der Waals surface area (Å²) < 4.78 is 5.36. The predicted octanol–water partition coefficient (Wildman–Crippen LogP) is 3.16. The van der Waals surface area contributed by atoms with E-state index in [0.29, 0.717) is 19.4 Å². The average Bonchev–Trinajstić information content (AvgIpc) is 2.46. The Morgan fingerprint density at radius 1 is 1.35 bits per heavy atom. The first-order valence-corrected chi connectivity index (χ1v) is 7.19. The highest BCUT2D eigenvalue weighted by Crippen LogP contribution is 2.20. The van der Waals surface area contributed by atoms with Crippen molar-refractivity contribution in [2.75, 3.05) is 6.54 Å². The molecule has 0 aliphatic carbocycles. The summed E-state index contributed by atoms with van der Waals surface area (Å²) in [6.45, 7) is 2.83. The maximum atomic E-state index is 12.2. The summed E-state index contributed by atoms with van der Waals surface area (Å²) in [5, 5.41) is 0. The third kappa shape index (κ3) is 3.83. The molecule has 1 aromatic rings. The molecule has 1 heterocycles. The first kappa shape index (κ1) is 14.6. The summed E-state index contributed by atoms with van der Waals surface area (Å²) in [5.74, 6) is 0.246. The van der Waals surface area contributed by atoms with E-state index in [2.05, 4.69) is 6.92 Å². The molecule has 4 nitrogen and oxygen atoms in total. The number of piperidine rings is 1. The van der Waals surface area contributed by atoms with Gasteiger partial charge >= 0.3 is 6.09 Å². The summed E-state index contributed by atoms with van der Waals surface area (Å²) in [6.07, 6.45) is 2.42. The zero-order chi connectivity index (χ0) is 14.4. The van der Waals surface area contributed by atoms with Crippen molar-refractivity contribution in [1.82, 2.24) is 4.90 Å². The Hall–Kier alpha value is -1.84. The minimum absolute atomic E-state index is 0.00419. The molecule has 0 saturated carbocycles. The Balaban J connectivity index is 1.91. The molecule has 0 radical (unpaired) electrons. The number of carbonyl (C=O) groups excluding carboxylic acids is 2. The number of nitrogens with zero attached hydrogens (tertiary/aromatic N) is 1. The highest BCUT2D eigenvalue weighted by atomic mass is 16.6. The lowest BCUT2D eigenvalue weighted by molar-refractivity contribution is -0.122. The maximum absolute atomic E-state index is 12.2. The van der Waals surface area contributed by atoms with Gasteiger partial charge in [0.2, 0.25) is 0 Å². The lowest BCUT2D eigenvalue weighted by atomic mass is 9.98. The zero-order valence-corrected chi connectivity index (χ0v) is 11.9. The highest BCUT2D eigenvalue weighted by Gasteiger charge is 2.30. The fourth-order valence-electron chi connectivity index (χ4n) is 2.54. The fourth-order valence-corrected chi connectivity index (χ4v) is 2.54. The van der Waals surface area contributed by atoms with Crippen molar-refractivity contribution in [2.24, 2.45) is 0 Å². The summed E-state index contributed by atoms with van der Waals surface area (Å²) in [4.78, 5) is 25.4. The van der Waals surface area contributed by atoms with Crippen molar-refractivity contribution >= 4 is 11.9 Å². The van der Waals surface area contributed by atoms with Crippen LogP contribution in [0.2, 0.25) is 0 Å². The number of ketones is 1. The Labute approximate surface area is 119 Å². The molecule has 0 bridgehead atoms. The molecule has 20 heavy (non-hydrogen) atoms. The Morgan fingerprint density at radius 2 is 2.10 bits per heavy atom. The first-order valence-electron chi connectivity index (χ1n) is 7.19. The topological polar surface area (TPSA) is 46.6 Å². The molecule has 1 atom stereocenters. The van der Waals surface area contributed by atoms with E-state index in [4.69, 9.17) is 4.74 Å². The molecule has 0 aromatic heterocycles. The van der Waals surface area contributed by atoms with Gasteiger partial charge in [0.05, 0.1) is 0 Å². The number of carbonyl (C=O) groups is 2. The van der Waals surface area contributed by atoms with Crippen molar-refractivity contribution in [3.8, 4) is 0 Å². The van der Waals surface area contributed by atoms with E-state index >= 15 is 0 Å². The van der Waals surface area contributed by atoms with Gasteiger partial charge in [-0.25, -0.2) is 4.79 Å². The first-order chi connectivity index (χ1) is 9.70. The van der Waals surface area contributed by atoms with Gasteiger partial charge in [-0.3, -0.25) is 4.79 Å². The summed E-state index contributed by atoms with van der Waals surface area (Å²) in [7, 11) is 0. The number of likely N-dealkylation sites (tertiary alicyclic amines) is 1. The molecule has 1 saturated heterocycles. The van der Waals surface area contributed by atoms with Crippen LogP contribution in [0, 0.1) is 0 Å². The van der Waals surface area contributed by atoms with Gasteiger partial charge in [0.15, 0.2) is 0 Å². The average molecular weight is 275 g/mol. The smallest absolute Gasteiger partial charge is 0.410 e. The van der Waals surface area contributed by atoms with Crippen LogP contribution < -0.4 is 0 Å². The van der Waals surface area contributed by atoms with E-state index in [1.165, 1.54) is 0 Å². The monoisotopic (exact) mass is 275 g/mol. The van der Waals surface area contributed by atoms with Gasteiger partial charge in [-0.2, -0.15) is 0 Å². The molecule has 1 aliphatic heterocycles. The van der Waals surface area contributed by atoms with Crippen molar-refractivity contribution in [1.29, 1.82) is 0 Å². The standard InChI is InChI=1S/C16H21NO3/c1-2-6-14-11-15(18)9-10-17(14)16(19)20-12-13-7-4-3-5-8-13/h3-5,7-8,14H,2,6,9-12H2,1H3. The van der Waals surface area contributed by atoms with Crippen molar-refractivity contribution in [3.63, 3.8) is 0 Å². The van der Waals surface area contributed by atoms with Gasteiger partial charge < -0.3 is 9.64 Å². The summed E-state index contributed by atoms with van der Waals surface area (Å²) in [5.41, 5.74) is 0.973. The Bertz CT molecular complexity index is 458. The Kier molecular flexibility index (Phi) is 5.16. The number of hydrogen-bond acceptors (Lipinski definition) is 3. The number of Topliss-reactive ketones (excluding diaryl/α,β-unsaturated/α-hetero) is 1. The third-order valence-electron chi connectivity index (χ3n) is 3.60. The lowest BCUT2D eigenvalue weighted by Crippen LogP contribution is -2.46. The summed E-state index contributed by atoms with van der Waals surface area (Å²) >= 11 is 0. The Morgan fingerprint density at radius 3 is 2.80 bits per heavy atom. The van der Waals surface area contributed by atoms with Gasteiger partial charge in [0.25, 0.3) is 0 Å². The van der Waals surface area contributed by atoms with Crippen LogP contribution in [0.4, 0.5) is 4.79 Å². The number of hydrogen-bond donors (Lipinski definition) is 0. The SMILES string of the molecule is CCCC1CC(=O)CCN1C(=O)OCc1ccccc1. The van der Waals surface area contributed by atoms with E-state index < -0.39 is 0 Å². The largest absolute Gasteiger partial charge is 0.445 e. The van der Waals surface area contributed by atoms with Crippen LogP contribution >= 0.6 is 0 Å². The third-order valence-corrected chi connectivity index (χ3v) is 3.60. The van der Waals surface area contributed by atoms with Crippen LogP contribution in [-0.4, -0.2) is 29.4 Å². The van der Waals surface area contributed by atoms with Gasteiger partial charge in [-0.15, -0.1) is 0 Å². The molecular weight excluding hydrogens is 254 g/mol. The molecule has 1 amide bonds.